The molecule has 0 bridgehead atoms. The predicted molar refractivity (Wildman–Crippen MR) is 54.8 cm³/mol. The van der Waals surface area contributed by atoms with Crippen molar-refractivity contribution in [1.82, 2.24) is 5.32 Å². The number of rotatable bonds is 7. The average Bonchev–Trinajstić information content (AvgIpc) is 2.14. The fraction of sp³-hybridized carbons (Fsp3) is 0.875. The molecule has 0 saturated carbocycles. The second kappa shape index (κ2) is 8.19. The lowest BCUT2D eigenvalue weighted by Crippen LogP contribution is -2.18. The Hall–Kier alpha value is -0.420. The number of carbonyl (C=O) groups excluding carboxylic acids is 1. The zero-order chi connectivity index (χ0) is 10.1. The Kier molecular flexibility index (Phi) is 7.93. The summed E-state index contributed by atoms with van der Waals surface area (Å²) in [6.07, 6.45) is 1.95. The summed E-state index contributed by atoms with van der Waals surface area (Å²) in [5, 5.41) is 2.52. The van der Waals surface area contributed by atoms with Gasteiger partial charge in [-0.2, -0.15) is 0 Å². The van der Waals surface area contributed by atoms with Gasteiger partial charge in [-0.05, 0) is 19.4 Å². The van der Waals surface area contributed by atoms with Gasteiger partial charge >= 0.3 is 0 Å². The van der Waals surface area contributed by atoms with Crippen molar-refractivity contribution in [2.24, 2.45) is 5.73 Å². The fourth-order valence-electron chi connectivity index (χ4n) is 0.865. The van der Waals surface area contributed by atoms with E-state index < -0.39 is 10.8 Å². The molecule has 0 aliphatic carbocycles. The number of hydrogen-bond acceptors (Lipinski definition) is 3. The molecule has 0 aromatic heterocycles. The van der Waals surface area contributed by atoms with Crippen LogP contribution < -0.4 is 11.1 Å². The first-order chi connectivity index (χ1) is 6.20. The van der Waals surface area contributed by atoms with Gasteiger partial charge in [0.2, 0.25) is 5.91 Å². The first-order valence-corrected chi connectivity index (χ1v) is 5.95. The average molecular weight is 206 g/mol. The van der Waals surface area contributed by atoms with Gasteiger partial charge in [-0.3, -0.25) is 9.00 Å². The van der Waals surface area contributed by atoms with Crippen molar-refractivity contribution in [1.29, 1.82) is 0 Å². The molecule has 0 saturated heterocycles. The van der Waals surface area contributed by atoms with Crippen LogP contribution in [0.3, 0.4) is 0 Å². The highest BCUT2D eigenvalue weighted by molar-refractivity contribution is 7.84. The molecule has 0 radical (unpaired) electrons. The molecule has 3 N–H and O–H groups in total. The maximum Gasteiger partial charge on any atom is 0.219 e. The van der Waals surface area contributed by atoms with Gasteiger partial charge in [0.15, 0.2) is 0 Å². The summed E-state index contributed by atoms with van der Waals surface area (Å²) in [4.78, 5) is 10.8. The number of nitrogens with two attached hydrogens (primary N) is 1. The molecule has 0 aliphatic heterocycles. The quantitative estimate of drug-likeness (QED) is 0.596. The highest BCUT2D eigenvalue weighted by Crippen LogP contribution is 1.94. The van der Waals surface area contributed by atoms with Gasteiger partial charge < -0.3 is 11.1 Å². The van der Waals surface area contributed by atoms with Crippen molar-refractivity contribution in [3.05, 3.63) is 0 Å². The van der Waals surface area contributed by atoms with E-state index >= 15 is 0 Å². The van der Waals surface area contributed by atoms with Gasteiger partial charge in [0.05, 0.1) is 0 Å². The van der Waals surface area contributed by atoms with Crippen LogP contribution in [0.25, 0.3) is 0 Å². The van der Waals surface area contributed by atoms with E-state index in [2.05, 4.69) is 5.32 Å². The molecule has 78 valence electrons. The number of carbonyl (C=O) groups is 1. The second-order valence-corrected chi connectivity index (χ2v) is 4.46. The minimum absolute atomic E-state index is 0.0100. The van der Waals surface area contributed by atoms with Crippen molar-refractivity contribution in [2.75, 3.05) is 25.1 Å². The number of nitrogens with one attached hydrogen (secondary N) is 1. The van der Waals surface area contributed by atoms with Crippen LogP contribution in [0.5, 0.6) is 0 Å². The minimum Gasteiger partial charge on any atom is -0.359 e. The van der Waals surface area contributed by atoms with Crippen LogP contribution in [0.2, 0.25) is 0 Å². The van der Waals surface area contributed by atoms with Gasteiger partial charge in [0.25, 0.3) is 0 Å². The lowest BCUT2D eigenvalue weighted by molar-refractivity contribution is -0.120. The van der Waals surface area contributed by atoms with E-state index in [9.17, 15) is 9.00 Å². The summed E-state index contributed by atoms with van der Waals surface area (Å²) in [7, 11) is 0.807. The van der Waals surface area contributed by atoms with Crippen LogP contribution in [0.15, 0.2) is 0 Å². The zero-order valence-electron chi connectivity index (χ0n) is 8.04. The molecule has 0 aromatic carbocycles. The molecule has 0 aliphatic rings. The topological polar surface area (TPSA) is 72.2 Å². The third-order valence-electron chi connectivity index (χ3n) is 1.63. The third kappa shape index (κ3) is 7.93. The summed E-state index contributed by atoms with van der Waals surface area (Å²) in [5.41, 5.74) is 5.28. The van der Waals surface area contributed by atoms with Crippen molar-refractivity contribution >= 4 is 16.7 Å². The van der Waals surface area contributed by atoms with Gasteiger partial charge in [-0.25, -0.2) is 0 Å². The normalized spacial score (nSPS) is 12.5. The number of hydrogen-bond donors (Lipinski definition) is 2. The molecule has 0 spiro atoms. The molecule has 0 fully saturated rings. The molecular weight excluding hydrogens is 188 g/mol. The Labute approximate surface area is 81.7 Å². The van der Waals surface area contributed by atoms with Gasteiger partial charge in [0.1, 0.15) is 0 Å². The Bertz CT molecular complexity index is 174. The number of amides is 1. The molecular formula is C8H18N2O2S. The molecule has 0 rings (SSSR count). The van der Waals surface area contributed by atoms with E-state index in [0.717, 1.165) is 6.42 Å². The Morgan fingerprint density at radius 2 is 2.00 bits per heavy atom. The molecule has 1 atom stereocenters. The summed E-state index contributed by atoms with van der Waals surface area (Å²) >= 11 is 0. The molecule has 13 heavy (non-hydrogen) atoms. The molecule has 5 heteroatoms. The van der Waals surface area contributed by atoms with E-state index in [0.29, 0.717) is 30.9 Å². The SMILES string of the molecule is CNC(=O)CCCS(=O)CCCN. The van der Waals surface area contributed by atoms with Crippen LogP contribution in [0.4, 0.5) is 0 Å². The fourth-order valence-corrected chi connectivity index (χ4v) is 2.02. The van der Waals surface area contributed by atoms with Crippen LogP contribution in [0.1, 0.15) is 19.3 Å². The molecule has 1 amide bonds. The van der Waals surface area contributed by atoms with Crippen molar-refractivity contribution in [3.8, 4) is 0 Å². The monoisotopic (exact) mass is 206 g/mol. The highest BCUT2D eigenvalue weighted by atomic mass is 32.2. The van der Waals surface area contributed by atoms with E-state index in [4.69, 9.17) is 5.73 Å². The predicted octanol–water partition coefficient (Wildman–Crippen LogP) is -0.390. The van der Waals surface area contributed by atoms with Crippen LogP contribution in [-0.2, 0) is 15.6 Å². The summed E-state index contributed by atoms with van der Waals surface area (Å²) in [6, 6.07) is 0. The highest BCUT2D eigenvalue weighted by Gasteiger charge is 2.01. The maximum atomic E-state index is 11.2. The summed E-state index contributed by atoms with van der Waals surface area (Å²) in [6.45, 7) is 0.585. The molecule has 0 heterocycles. The minimum atomic E-state index is -0.798. The van der Waals surface area contributed by atoms with E-state index in [1.165, 1.54) is 0 Å². The second-order valence-electron chi connectivity index (χ2n) is 2.77. The third-order valence-corrected chi connectivity index (χ3v) is 3.12. The smallest absolute Gasteiger partial charge is 0.219 e. The Balaban J connectivity index is 3.31. The molecule has 0 aromatic rings. The summed E-state index contributed by atoms with van der Waals surface area (Å²) in [5.74, 6) is 1.27. The largest absolute Gasteiger partial charge is 0.359 e. The lowest BCUT2D eigenvalue weighted by atomic mass is 10.3. The van der Waals surface area contributed by atoms with E-state index in [1.54, 1.807) is 7.05 Å². The Morgan fingerprint density at radius 3 is 2.54 bits per heavy atom. The van der Waals surface area contributed by atoms with Crippen LogP contribution in [0, 0.1) is 0 Å². The van der Waals surface area contributed by atoms with Crippen LogP contribution >= 0.6 is 0 Å². The van der Waals surface area contributed by atoms with Gasteiger partial charge in [-0.1, -0.05) is 0 Å². The first-order valence-electron chi connectivity index (χ1n) is 4.46. The Morgan fingerprint density at radius 1 is 1.38 bits per heavy atom. The summed E-state index contributed by atoms with van der Waals surface area (Å²) < 4.78 is 11.2. The van der Waals surface area contributed by atoms with Gasteiger partial charge in [0, 0.05) is 35.8 Å². The van der Waals surface area contributed by atoms with E-state index in [1.807, 2.05) is 0 Å². The standard InChI is InChI=1S/C8H18N2O2S/c1-10-8(11)4-2-6-13(12)7-3-5-9/h2-7,9H2,1H3,(H,10,11). The first kappa shape index (κ1) is 12.6. The zero-order valence-corrected chi connectivity index (χ0v) is 8.86. The van der Waals surface area contributed by atoms with Crippen LogP contribution in [-0.4, -0.2) is 35.2 Å². The molecule has 1 unspecified atom stereocenters. The van der Waals surface area contributed by atoms with Crippen molar-refractivity contribution < 1.29 is 9.00 Å². The molecule has 4 nitrogen and oxygen atoms in total. The lowest BCUT2D eigenvalue weighted by Gasteiger charge is -2.00. The van der Waals surface area contributed by atoms with Gasteiger partial charge in [-0.15, -0.1) is 0 Å². The van der Waals surface area contributed by atoms with Crippen molar-refractivity contribution in [3.63, 3.8) is 0 Å². The van der Waals surface area contributed by atoms with E-state index in [-0.39, 0.29) is 5.91 Å². The van der Waals surface area contributed by atoms with Crippen molar-refractivity contribution in [2.45, 2.75) is 19.3 Å². The maximum absolute atomic E-state index is 11.2.